The Morgan fingerprint density at radius 2 is 2.22 bits per heavy atom. The van der Waals surface area contributed by atoms with Gasteiger partial charge in [-0.3, -0.25) is 4.84 Å². The van der Waals surface area contributed by atoms with Crippen molar-refractivity contribution in [3.8, 4) is 6.07 Å². The van der Waals surface area contributed by atoms with Crippen LogP contribution in [-0.4, -0.2) is 16.2 Å². The molecule has 5 nitrogen and oxygen atoms in total. The molecule has 0 aliphatic heterocycles. The quantitative estimate of drug-likeness (QED) is 0.549. The average molecular weight is 131 g/mol. The number of nitrogens with zero attached hydrogens (tertiary/aromatic N) is 2. The number of hydrogen-bond donors (Lipinski definition) is 1. The van der Waals surface area contributed by atoms with Crippen LogP contribution in [0.2, 0.25) is 0 Å². The van der Waals surface area contributed by atoms with Gasteiger partial charge in [-0.05, 0) is 13.8 Å². The van der Waals surface area contributed by atoms with Crippen molar-refractivity contribution in [3.05, 3.63) is 5.21 Å². The maximum Gasteiger partial charge on any atom is 0.171 e. The molecule has 0 atom stereocenters. The third kappa shape index (κ3) is 3.88. The first-order valence-electron chi connectivity index (χ1n) is 2.24. The standard InChI is InChI=1S/C4H7N2O3/c1-4(2,3-5)9-6(7)8/h7H,1-2H3/q-1. The Balaban J connectivity index is 3.76. The van der Waals surface area contributed by atoms with Crippen LogP contribution >= 0.6 is 0 Å². The van der Waals surface area contributed by atoms with E-state index in [0.29, 0.717) is 0 Å². The van der Waals surface area contributed by atoms with E-state index in [1.807, 2.05) is 0 Å². The van der Waals surface area contributed by atoms with Gasteiger partial charge in [0.15, 0.2) is 5.60 Å². The summed E-state index contributed by atoms with van der Waals surface area (Å²) in [5.74, 6) is 0. The van der Waals surface area contributed by atoms with Crippen LogP contribution in [0.1, 0.15) is 13.8 Å². The van der Waals surface area contributed by atoms with E-state index in [4.69, 9.17) is 10.5 Å². The number of rotatable bonds is 2. The molecule has 0 aliphatic rings. The van der Waals surface area contributed by atoms with Gasteiger partial charge in [-0.15, -0.1) is 5.39 Å². The van der Waals surface area contributed by atoms with Crippen molar-refractivity contribution >= 4 is 0 Å². The zero-order valence-corrected chi connectivity index (χ0v) is 5.16. The maximum atomic E-state index is 9.72. The Bertz CT molecular complexity index is 126. The average Bonchev–Trinajstić information content (AvgIpc) is 1.63. The van der Waals surface area contributed by atoms with Crippen LogP contribution in [0.5, 0.6) is 0 Å². The fraction of sp³-hybridized carbons (Fsp3) is 0.750. The van der Waals surface area contributed by atoms with Gasteiger partial charge in [0.25, 0.3) is 0 Å². The molecule has 0 unspecified atom stereocenters. The smallest absolute Gasteiger partial charge is 0.171 e. The fourth-order valence-electron chi connectivity index (χ4n) is 0.216. The Labute approximate surface area is 52.6 Å². The summed E-state index contributed by atoms with van der Waals surface area (Å²) >= 11 is 0. The first-order valence-corrected chi connectivity index (χ1v) is 2.24. The summed E-state index contributed by atoms with van der Waals surface area (Å²) < 4.78 is 0. The third-order valence-electron chi connectivity index (χ3n) is 0.576. The second-order valence-corrected chi connectivity index (χ2v) is 1.95. The van der Waals surface area contributed by atoms with E-state index in [0.717, 1.165) is 0 Å². The lowest BCUT2D eigenvalue weighted by molar-refractivity contribution is -0.338. The molecule has 52 valence electrons. The summed E-state index contributed by atoms with van der Waals surface area (Å²) in [5.41, 5.74) is -1.27. The summed E-state index contributed by atoms with van der Waals surface area (Å²) in [6, 6.07) is 1.65. The van der Waals surface area contributed by atoms with E-state index >= 15 is 0 Å². The topological polar surface area (TPSA) is 79.5 Å². The summed E-state index contributed by atoms with van der Waals surface area (Å²) in [7, 11) is 0. The lowest BCUT2D eigenvalue weighted by Gasteiger charge is -2.25. The van der Waals surface area contributed by atoms with Crippen LogP contribution < -0.4 is 0 Å². The van der Waals surface area contributed by atoms with Gasteiger partial charge in [0.2, 0.25) is 0 Å². The van der Waals surface area contributed by atoms with Gasteiger partial charge < -0.3 is 10.4 Å². The van der Waals surface area contributed by atoms with Gasteiger partial charge in [-0.25, -0.2) is 0 Å². The molecular formula is C4H7N2O3-. The van der Waals surface area contributed by atoms with Crippen molar-refractivity contribution in [3.63, 3.8) is 0 Å². The molecular weight excluding hydrogens is 124 g/mol. The molecule has 0 amide bonds. The van der Waals surface area contributed by atoms with E-state index < -0.39 is 11.0 Å². The highest BCUT2D eigenvalue weighted by Gasteiger charge is 2.17. The molecule has 9 heavy (non-hydrogen) atoms. The van der Waals surface area contributed by atoms with Crippen molar-refractivity contribution in [2.75, 3.05) is 0 Å². The monoisotopic (exact) mass is 131 g/mol. The summed E-state index contributed by atoms with van der Waals surface area (Å²) in [4.78, 5) is 4.06. The van der Waals surface area contributed by atoms with Crippen LogP contribution in [0.4, 0.5) is 0 Å². The predicted molar refractivity (Wildman–Crippen MR) is 27.8 cm³/mol. The summed E-state index contributed by atoms with van der Waals surface area (Å²) in [6.45, 7) is 2.71. The Hall–Kier alpha value is -0.670. The van der Waals surface area contributed by atoms with E-state index in [1.54, 1.807) is 6.07 Å². The van der Waals surface area contributed by atoms with E-state index in [-0.39, 0.29) is 0 Å². The van der Waals surface area contributed by atoms with Crippen molar-refractivity contribution in [2.24, 2.45) is 0 Å². The molecule has 0 radical (unpaired) electrons. The molecule has 0 rings (SSSR count). The minimum absolute atomic E-state index is 0.733. The number of hydrogen-bond acceptors (Lipinski definition) is 5. The van der Waals surface area contributed by atoms with Crippen molar-refractivity contribution in [2.45, 2.75) is 19.4 Å². The SMILES string of the molecule is CC(C)(C#N)ON([O-])O. The van der Waals surface area contributed by atoms with Gasteiger partial charge in [-0.2, -0.15) is 5.26 Å². The predicted octanol–water partition coefficient (Wildman–Crippen LogP) is 0.409. The number of nitriles is 1. The molecule has 0 bridgehead atoms. The second kappa shape index (κ2) is 2.75. The minimum Gasteiger partial charge on any atom is -0.738 e. The zero-order valence-electron chi connectivity index (χ0n) is 5.16. The summed E-state index contributed by atoms with van der Waals surface area (Å²) in [6.07, 6.45) is 0. The highest BCUT2D eigenvalue weighted by atomic mass is 17.1. The van der Waals surface area contributed by atoms with Gasteiger partial charge in [0.05, 0.1) is 6.07 Å². The van der Waals surface area contributed by atoms with E-state index in [9.17, 15) is 5.21 Å². The molecule has 0 spiro atoms. The van der Waals surface area contributed by atoms with Gasteiger partial charge in [-0.1, -0.05) is 0 Å². The molecule has 5 heteroatoms. The van der Waals surface area contributed by atoms with Crippen LogP contribution in [0.15, 0.2) is 0 Å². The lowest BCUT2D eigenvalue weighted by atomic mass is 10.2. The largest absolute Gasteiger partial charge is 0.738 e. The first kappa shape index (κ1) is 8.33. The molecule has 0 aliphatic carbocycles. The molecule has 1 N–H and O–H groups in total. The van der Waals surface area contributed by atoms with E-state index in [1.165, 1.54) is 13.8 Å². The minimum atomic E-state index is -1.27. The molecule has 0 saturated heterocycles. The highest BCUT2D eigenvalue weighted by molar-refractivity contribution is 4.93. The second-order valence-electron chi connectivity index (χ2n) is 1.95. The molecule has 0 aromatic carbocycles. The van der Waals surface area contributed by atoms with Crippen molar-refractivity contribution in [1.29, 1.82) is 5.26 Å². The van der Waals surface area contributed by atoms with Crippen molar-refractivity contribution < 1.29 is 10.0 Å². The lowest BCUT2D eigenvalue weighted by Crippen LogP contribution is -2.29. The molecule has 0 saturated carbocycles. The van der Waals surface area contributed by atoms with Gasteiger partial charge >= 0.3 is 0 Å². The first-order chi connectivity index (χ1) is 3.98. The van der Waals surface area contributed by atoms with Crippen LogP contribution in [0.3, 0.4) is 0 Å². The van der Waals surface area contributed by atoms with Gasteiger partial charge in [0, 0.05) is 0 Å². The summed E-state index contributed by atoms with van der Waals surface area (Å²) in [5, 5.41) is 25.1. The zero-order chi connectivity index (χ0) is 7.49. The maximum absolute atomic E-state index is 9.72. The highest BCUT2D eigenvalue weighted by Crippen LogP contribution is 2.06. The normalized spacial score (nSPS) is 11.6. The fourth-order valence-corrected chi connectivity index (χ4v) is 0.216. The van der Waals surface area contributed by atoms with Crippen LogP contribution in [-0.2, 0) is 4.84 Å². The Morgan fingerprint density at radius 1 is 1.78 bits per heavy atom. The van der Waals surface area contributed by atoms with Crippen LogP contribution in [0, 0.1) is 16.5 Å². The van der Waals surface area contributed by atoms with Gasteiger partial charge in [0.1, 0.15) is 0 Å². The van der Waals surface area contributed by atoms with Crippen LogP contribution in [0.25, 0.3) is 0 Å². The molecule has 0 aromatic heterocycles. The molecule has 0 aromatic rings. The van der Waals surface area contributed by atoms with E-state index in [2.05, 4.69) is 4.84 Å². The van der Waals surface area contributed by atoms with Crippen molar-refractivity contribution in [1.82, 2.24) is 5.39 Å². The third-order valence-corrected chi connectivity index (χ3v) is 0.576. The molecule has 0 fully saturated rings. The molecule has 0 heterocycles. The Morgan fingerprint density at radius 3 is 2.33 bits per heavy atom. The Kier molecular flexibility index (Phi) is 2.55.